The molecule has 94 valence electrons. The van der Waals surface area contributed by atoms with E-state index in [2.05, 4.69) is 5.32 Å². The molecule has 2 N–H and O–H groups in total. The minimum Gasteiger partial charge on any atom is -0.396 e. The third-order valence-electron chi connectivity index (χ3n) is 2.41. The summed E-state index contributed by atoms with van der Waals surface area (Å²) in [5.41, 5.74) is 0. The van der Waals surface area contributed by atoms with Crippen molar-refractivity contribution in [3.63, 3.8) is 0 Å². The number of aliphatic hydroxyl groups is 1. The first-order chi connectivity index (χ1) is 7.44. The summed E-state index contributed by atoms with van der Waals surface area (Å²) in [6.45, 7) is 1.79. The maximum Gasteiger partial charge on any atom is 0.233 e. The Morgan fingerprint density at radius 3 is 2.81 bits per heavy atom. The highest BCUT2D eigenvalue weighted by Crippen LogP contribution is 2.14. The molecule has 1 aliphatic heterocycles. The van der Waals surface area contributed by atoms with Crippen molar-refractivity contribution in [2.24, 2.45) is 0 Å². The quantitative estimate of drug-likeness (QED) is 0.695. The van der Waals surface area contributed by atoms with Crippen molar-refractivity contribution in [3.05, 3.63) is 0 Å². The van der Waals surface area contributed by atoms with Crippen LogP contribution in [0.3, 0.4) is 0 Å². The minimum atomic E-state index is -2.95. The van der Waals surface area contributed by atoms with E-state index in [-0.39, 0.29) is 35.3 Å². The smallest absolute Gasteiger partial charge is 0.233 e. The van der Waals surface area contributed by atoms with Crippen molar-refractivity contribution in [3.8, 4) is 0 Å². The second-order valence-corrected chi connectivity index (χ2v) is 7.52. The van der Waals surface area contributed by atoms with E-state index in [1.165, 1.54) is 11.8 Å². The molecule has 1 fully saturated rings. The third kappa shape index (κ3) is 4.31. The number of sulfone groups is 1. The molecule has 1 rings (SSSR count). The van der Waals surface area contributed by atoms with Gasteiger partial charge in [0.05, 0.1) is 23.4 Å². The summed E-state index contributed by atoms with van der Waals surface area (Å²) in [5.74, 6) is 0.574. The zero-order valence-corrected chi connectivity index (χ0v) is 10.8. The number of amides is 1. The average molecular weight is 267 g/mol. The molecule has 0 aromatic rings. The van der Waals surface area contributed by atoms with Gasteiger partial charge in [0.15, 0.2) is 9.84 Å². The van der Waals surface area contributed by atoms with Gasteiger partial charge in [0.1, 0.15) is 0 Å². The Balaban J connectivity index is 2.35. The van der Waals surface area contributed by atoms with E-state index < -0.39 is 9.84 Å². The molecular weight excluding hydrogens is 250 g/mol. The normalized spacial score (nSPS) is 25.2. The molecule has 1 amide bonds. The Labute approximate surface area is 99.9 Å². The van der Waals surface area contributed by atoms with Gasteiger partial charge in [0, 0.05) is 11.8 Å². The highest BCUT2D eigenvalue weighted by atomic mass is 32.2. The van der Waals surface area contributed by atoms with Crippen LogP contribution in [-0.2, 0) is 14.6 Å². The number of hydrogen-bond acceptors (Lipinski definition) is 5. The second kappa shape index (κ2) is 5.88. The van der Waals surface area contributed by atoms with Crippen LogP contribution >= 0.6 is 11.8 Å². The van der Waals surface area contributed by atoms with Gasteiger partial charge in [0.25, 0.3) is 0 Å². The van der Waals surface area contributed by atoms with Crippen molar-refractivity contribution in [1.29, 1.82) is 0 Å². The standard InChI is InChI=1S/C9H17NO4S2/c1-7(15-4-3-11)9(12)10-8-2-5-16(13,14)6-8/h7-8,11H,2-6H2,1H3,(H,10,12)/t7-,8+/m0/s1. The SMILES string of the molecule is C[C@H](SCCO)C(=O)N[C@@H]1CCS(=O)(=O)C1. The predicted octanol–water partition coefficient (Wildman–Crippen LogP) is -0.596. The molecule has 0 spiro atoms. The van der Waals surface area contributed by atoms with Crippen LogP contribution in [0.2, 0.25) is 0 Å². The Hall–Kier alpha value is -0.270. The highest BCUT2D eigenvalue weighted by molar-refractivity contribution is 8.00. The number of aliphatic hydroxyl groups excluding tert-OH is 1. The lowest BCUT2D eigenvalue weighted by Gasteiger charge is -2.15. The fourth-order valence-electron chi connectivity index (χ4n) is 1.53. The molecule has 0 bridgehead atoms. The Morgan fingerprint density at radius 2 is 2.31 bits per heavy atom. The van der Waals surface area contributed by atoms with Crippen molar-refractivity contribution >= 4 is 27.5 Å². The van der Waals surface area contributed by atoms with Crippen molar-refractivity contribution < 1.29 is 18.3 Å². The van der Waals surface area contributed by atoms with E-state index in [4.69, 9.17) is 5.11 Å². The van der Waals surface area contributed by atoms with Gasteiger partial charge < -0.3 is 10.4 Å². The molecule has 16 heavy (non-hydrogen) atoms. The van der Waals surface area contributed by atoms with Gasteiger partial charge in [-0.1, -0.05) is 0 Å². The van der Waals surface area contributed by atoms with E-state index in [1.54, 1.807) is 6.92 Å². The van der Waals surface area contributed by atoms with Gasteiger partial charge in [-0.25, -0.2) is 8.42 Å². The number of nitrogens with one attached hydrogen (secondary N) is 1. The van der Waals surface area contributed by atoms with Crippen LogP contribution in [0.25, 0.3) is 0 Å². The second-order valence-electron chi connectivity index (χ2n) is 3.85. The van der Waals surface area contributed by atoms with E-state index >= 15 is 0 Å². The summed E-state index contributed by atoms with van der Waals surface area (Å²) in [6.07, 6.45) is 0.505. The van der Waals surface area contributed by atoms with Crippen molar-refractivity contribution in [2.45, 2.75) is 24.6 Å². The van der Waals surface area contributed by atoms with Crippen LogP contribution in [0.5, 0.6) is 0 Å². The molecule has 0 saturated carbocycles. The van der Waals surface area contributed by atoms with Gasteiger partial charge >= 0.3 is 0 Å². The van der Waals surface area contributed by atoms with Gasteiger partial charge in [-0.15, -0.1) is 11.8 Å². The molecule has 0 radical (unpaired) electrons. The fraction of sp³-hybridized carbons (Fsp3) is 0.889. The minimum absolute atomic E-state index is 0.0418. The Kier molecular flexibility index (Phi) is 5.07. The summed E-state index contributed by atoms with van der Waals surface area (Å²) in [7, 11) is -2.95. The van der Waals surface area contributed by atoms with E-state index in [0.717, 1.165) is 0 Å². The Bertz CT molecular complexity index is 341. The highest BCUT2D eigenvalue weighted by Gasteiger charge is 2.29. The molecule has 0 aromatic carbocycles. The monoisotopic (exact) mass is 267 g/mol. The van der Waals surface area contributed by atoms with Crippen LogP contribution in [-0.4, -0.2) is 54.6 Å². The van der Waals surface area contributed by atoms with Crippen LogP contribution in [0, 0.1) is 0 Å². The first-order valence-electron chi connectivity index (χ1n) is 5.18. The van der Waals surface area contributed by atoms with Crippen LogP contribution in [0.15, 0.2) is 0 Å². The number of carbonyl (C=O) groups excluding carboxylic acids is 1. The summed E-state index contributed by atoms with van der Waals surface area (Å²) >= 11 is 1.36. The zero-order valence-electron chi connectivity index (χ0n) is 9.18. The summed E-state index contributed by atoms with van der Waals surface area (Å²) < 4.78 is 22.3. The summed E-state index contributed by atoms with van der Waals surface area (Å²) in [5, 5.41) is 11.1. The van der Waals surface area contributed by atoms with E-state index in [1.807, 2.05) is 0 Å². The first kappa shape index (κ1) is 13.8. The van der Waals surface area contributed by atoms with Crippen LogP contribution in [0.4, 0.5) is 0 Å². The Morgan fingerprint density at radius 1 is 1.62 bits per heavy atom. The molecule has 0 aliphatic carbocycles. The summed E-state index contributed by atoms with van der Waals surface area (Å²) in [6, 6.07) is -0.241. The predicted molar refractivity (Wildman–Crippen MR) is 64.2 cm³/mol. The lowest BCUT2D eigenvalue weighted by Crippen LogP contribution is -2.40. The lowest BCUT2D eigenvalue weighted by atomic mass is 10.2. The molecule has 2 atom stereocenters. The van der Waals surface area contributed by atoms with E-state index in [9.17, 15) is 13.2 Å². The third-order valence-corrected chi connectivity index (χ3v) is 5.31. The van der Waals surface area contributed by atoms with Gasteiger partial charge in [0.2, 0.25) is 5.91 Å². The number of thioether (sulfide) groups is 1. The van der Waals surface area contributed by atoms with Crippen molar-refractivity contribution in [1.82, 2.24) is 5.32 Å². The molecule has 1 aliphatic rings. The zero-order chi connectivity index (χ0) is 12.2. The van der Waals surface area contributed by atoms with Crippen molar-refractivity contribution in [2.75, 3.05) is 23.9 Å². The van der Waals surface area contributed by atoms with Gasteiger partial charge in [-0.2, -0.15) is 0 Å². The number of carbonyl (C=O) groups is 1. The van der Waals surface area contributed by atoms with E-state index in [0.29, 0.717) is 12.2 Å². The molecule has 5 nitrogen and oxygen atoms in total. The average Bonchev–Trinajstić information content (AvgIpc) is 2.54. The van der Waals surface area contributed by atoms with Crippen LogP contribution < -0.4 is 5.32 Å². The van der Waals surface area contributed by atoms with Gasteiger partial charge in [-0.3, -0.25) is 4.79 Å². The molecule has 0 unspecified atom stereocenters. The first-order valence-corrected chi connectivity index (χ1v) is 8.05. The summed E-state index contributed by atoms with van der Waals surface area (Å²) in [4.78, 5) is 11.6. The van der Waals surface area contributed by atoms with Gasteiger partial charge in [-0.05, 0) is 13.3 Å². The maximum atomic E-state index is 11.6. The number of hydrogen-bond donors (Lipinski definition) is 2. The molecule has 7 heteroatoms. The molecule has 1 saturated heterocycles. The fourth-order valence-corrected chi connectivity index (χ4v) is 3.88. The van der Waals surface area contributed by atoms with Crippen LogP contribution in [0.1, 0.15) is 13.3 Å². The molecule has 1 heterocycles. The topological polar surface area (TPSA) is 83.5 Å². The molecular formula is C9H17NO4S2. The maximum absolute atomic E-state index is 11.6. The lowest BCUT2D eigenvalue weighted by molar-refractivity contribution is -0.120. The molecule has 0 aromatic heterocycles. The largest absolute Gasteiger partial charge is 0.396 e. The number of rotatable bonds is 5.